The van der Waals surface area contributed by atoms with Gasteiger partial charge < -0.3 is 5.73 Å². The van der Waals surface area contributed by atoms with E-state index in [-0.39, 0.29) is 0 Å². The van der Waals surface area contributed by atoms with Gasteiger partial charge in [-0.2, -0.15) is 5.10 Å². The minimum Gasteiger partial charge on any atom is -0.381 e. The Hall–Kier alpha value is -1.04. The van der Waals surface area contributed by atoms with Crippen molar-refractivity contribution >= 4 is 28.4 Å². The number of H-pyrrole nitrogens is 1. The SMILES string of the molecule is Cc1cccc(-c2[nH]nc(N)c2I)c1. The summed E-state index contributed by atoms with van der Waals surface area (Å²) >= 11 is 2.20. The van der Waals surface area contributed by atoms with Crippen LogP contribution in [0.2, 0.25) is 0 Å². The van der Waals surface area contributed by atoms with E-state index in [2.05, 4.69) is 51.8 Å². The first-order valence-electron chi connectivity index (χ1n) is 4.25. The van der Waals surface area contributed by atoms with Gasteiger partial charge in [0, 0.05) is 5.56 Å². The number of hydrogen-bond donors (Lipinski definition) is 2. The van der Waals surface area contributed by atoms with Gasteiger partial charge in [-0.1, -0.05) is 23.8 Å². The Bertz CT molecular complexity index is 462. The molecule has 1 aromatic carbocycles. The van der Waals surface area contributed by atoms with Crippen LogP contribution in [-0.4, -0.2) is 10.2 Å². The van der Waals surface area contributed by atoms with Crippen LogP contribution in [0, 0.1) is 10.5 Å². The molecule has 0 fully saturated rings. The highest BCUT2D eigenvalue weighted by atomic mass is 127. The molecule has 4 heteroatoms. The molecule has 1 heterocycles. The highest BCUT2D eigenvalue weighted by molar-refractivity contribution is 14.1. The molecule has 0 amide bonds. The number of aromatic amines is 1. The summed E-state index contributed by atoms with van der Waals surface area (Å²) in [7, 11) is 0. The molecule has 0 spiro atoms. The van der Waals surface area contributed by atoms with Gasteiger partial charge in [-0.25, -0.2) is 0 Å². The molecule has 14 heavy (non-hydrogen) atoms. The van der Waals surface area contributed by atoms with Gasteiger partial charge in [0.1, 0.15) is 0 Å². The molecule has 72 valence electrons. The van der Waals surface area contributed by atoms with Crippen LogP contribution in [0.1, 0.15) is 5.56 Å². The third-order valence-electron chi connectivity index (χ3n) is 2.04. The number of halogens is 1. The molecule has 0 atom stereocenters. The van der Waals surface area contributed by atoms with Crippen molar-refractivity contribution in [2.45, 2.75) is 6.92 Å². The van der Waals surface area contributed by atoms with E-state index in [1.54, 1.807) is 0 Å². The molecule has 0 radical (unpaired) electrons. The van der Waals surface area contributed by atoms with Crippen LogP contribution in [0.4, 0.5) is 5.82 Å². The second kappa shape index (κ2) is 3.61. The maximum Gasteiger partial charge on any atom is 0.159 e. The average molecular weight is 299 g/mol. The average Bonchev–Trinajstić information content (AvgIpc) is 2.48. The Labute approximate surface area is 95.9 Å². The quantitative estimate of drug-likeness (QED) is 0.795. The van der Waals surface area contributed by atoms with Crippen LogP contribution in [0.15, 0.2) is 24.3 Å². The van der Waals surface area contributed by atoms with Crippen molar-refractivity contribution in [1.82, 2.24) is 10.2 Å². The predicted octanol–water partition coefficient (Wildman–Crippen LogP) is 2.57. The second-order valence-electron chi connectivity index (χ2n) is 3.17. The summed E-state index contributed by atoms with van der Waals surface area (Å²) in [6.45, 7) is 2.07. The Balaban J connectivity index is 2.55. The summed E-state index contributed by atoms with van der Waals surface area (Å²) in [5.41, 5.74) is 9.01. The van der Waals surface area contributed by atoms with E-state index in [9.17, 15) is 0 Å². The van der Waals surface area contributed by atoms with Crippen molar-refractivity contribution in [2.75, 3.05) is 5.73 Å². The molecule has 0 aliphatic rings. The maximum atomic E-state index is 5.67. The lowest BCUT2D eigenvalue weighted by Crippen LogP contribution is -1.86. The third-order valence-corrected chi connectivity index (χ3v) is 3.13. The fourth-order valence-corrected chi connectivity index (χ4v) is 1.89. The van der Waals surface area contributed by atoms with Crippen molar-refractivity contribution in [3.8, 4) is 11.3 Å². The van der Waals surface area contributed by atoms with Gasteiger partial charge in [-0.15, -0.1) is 0 Å². The minimum atomic E-state index is 0.558. The fraction of sp³-hybridized carbons (Fsp3) is 0.100. The zero-order valence-electron chi connectivity index (χ0n) is 7.71. The first-order chi connectivity index (χ1) is 6.68. The molecule has 0 aliphatic heterocycles. The lowest BCUT2D eigenvalue weighted by Gasteiger charge is -1.99. The fourth-order valence-electron chi connectivity index (χ4n) is 1.33. The van der Waals surface area contributed by atoms with Gasteiger partial charge in [0.15, 0.2) is 5.82 Å². The Morgan fingerprint density at radius 3 is 2.79 bits per heavy atom. The van der Waals surface area contributed by atoms with E-state index < -0.39 is 0 Å². The van der Waals surface area contributed by atoms with Crippen molar-refractivity contribution in [1.29, 1.82) is 0 Å². The van der Waals surface area contributed by atoms with Crippen molar-refractivity contribution in [2.24, 2.45) is 0 Å². The standard InChI is InChI=1S/C10H10IN3/c1-6-3-2-4-7(5-6)9-8(11)10(12)14-13-9/h2-5H,1H3,(H3,12,13,14). The number of nitrogens with two attached hydrogens (primary N) is 1. The molecule has 0 unspecified atom stereocenters. The van der Waals surface area contributed by atoms with Crippen LogP contribution in [0.3, 0.4) is 0 Å². The summed E-state index contributed by atoms with van der Waals surface area (Å²) in [5, 5.41) is 6.90. The number of anilines is 1. The Morgan fingerprint density at radius 1 is 1.43 bits per heavy atom. The van der Waals surface area contributed by atoms with E-state index >= 15 is 0 Å². The number of nitrogens with zero attached hydrogens (tertiary/aromatic N) is 1. The molecular weight excluding hydrogens is 289 g/mol. The van der Waals surface area contributed by atoms with Crippen molar-refractivity contribution in [3.05, 3.63) is 33.4 Å². The Kier molecular flexibility index (Phi) is 2.45. The summed E-state index contributed by atoms with van der Waals surface area (Å²) in [5.74, 6) is 0.558. The van der Waals surface area contributed by atoms with Crippen LogP contribution >= 0.6 is 22.6 Å². The number of benzene rings is 1. The van der Waals surface area contributed by atoms with Gasteiger partial charge in [0.25, 0.3) is 0 Å². The molecule has 3 nitrogen and oxygen atoms in total. The molecule has 0 bridgehead atoms. The topological polar surface area (TPSA) is 54.7 Å². The molecule has 0 saturated heterocycles. The number of nitrogens with one attached hydrogen (secondary N) is 1. The lowest BCUT2D eigenvalue weighted by atomic mass is 10.1. The first-order valence-corrected chi connectivity index (χ1v) is 5.32. The third kappa shape index (κ3) is 1.61. The maximum absolute atomic E-state index is 5.67. The molecule has 0 aliphatic carbocycles. The van der Waals surface area contributed by atoms with E-state index in [1.807, 2.05) is 12.1 Å². The summed E-state index contributed by atoms with van der Waals surface area (Å²) < 4.78 is 0.980. The molecule has 2 aromatic rings. The minimum absolute atomic E-state index is 0.558. The molecular formula is C10H10IN3. The zero-order valence-corrected chi connectivity index (χ0v) is 9.87. The number of hydrogen-bond acceptors (Lipinski definition) is 2. The lowest BCUT2D eigenvalue weighted by molar-refractivity contribution is 1.10. The summed E-state index contributed by atoms with van der Waals surface area (Å²) in [6.07, 6.45) is 0. The largest absolute Gasteiger partial charge is 0.381 e. The highest BCUT2D eigenvalue weighted by Gasteiger charge is 2.08. The van der Waals surface area contributed by atoms with Crippen LogP contribution in [0.25, 0.3) is 11.3 Å². The van der Waals surface area contributed by atoms with Gasteiger partial charge in [0.05, 0.1) is 9.26 Å². The molecule has 3 N–H and O–H groups in total. The van der Waals surface area contributed by atoms with Crippen LogP contribution in [-0.2, 0) is 0 Å². The first kappa shape index (κ1) is 9.51. The van der Waals surface area contributed by atoms with Gasteiger partial charge in [0.2, 0.25) is 0 Å². The van der Waals surface area contributed by atoms with Crippen LogP contribution < -0.4 is 5.73 Å². The smallest absolute Gasteiger partial charge is 0.159 e. The monoisotopic (exact) mass is 299 g/mol. The van der Waals surface area contributed by atoms with Crippen LogP contribution in [0.5, 0.6) is 0 Å². The highest BCUT2D eigenvalue weighted by Crippen LogP contribution is 2.26. The number of aromatic nitrogens is 2. The zero-order chi connectivity index (χ0) is 10.1. The van der Waals surface area contributed by atoms with Gasteiger partial charge in [-0.05, 0) is 35.6 Å². The number of aryl methyl sites for hydroxylation is 1. The summed E-state index contributed by atoms with van der Waals surface area (Å²) in [4.78, 5) is 0. The Morgan fingerprint density at radius 2 is 2.21 bits per heavy atom. The second-order valence-corrected chi connectivity index (χ2v) is 4.25. The number of nitrogen functional groups attached to an aromatic ring is 1. The molecule has 2 rings (SSSR count). The predicted molar refractivity (Wildman–Crippen MR) is 65.9 cm³/mol. The summed E-state index contributed by atoms with van der Waals surface area (Å²) in [6, 6.07) is 8.24. The normalized spacial score (nSPS) is 10.4. The van der Waals surface area contributed by atoms with E-state index in [1.165, 1.54) is 5.56 Å². The van der Waals surface area contributed by atoms with Gasteiger partial charge >= 0.3 is 0 Å². The van der Waals surface area contributed by atoms with E-state index in [4.69, 9.17) is 5.73 Å². The number of rotatable bonds is 1. The molecule has 1 aromatic heterocycles. The molecule has 0 saturated carbocycles. The van der Waals surface area contributed by atoms with Gasteiger partial charge in [-0.3, -0.25) is 5.10 Å². The van der Waals surface area contributed by atoms with E-state index in [0.29, 0.717) is 5.82 Å². The van der Waals surface area contributed by atoms with Crippen molar-refractivity contribution < 1.29 is 0 Å². The van der Waals surface area contributed by atoms with E-state index in [0.717, 1.165) is 14.8 Å². The van der Waals surface area contributed by atoms with Crippen molar-refractivity contribution in [3.63, 3.8) is 0 Å².